The van der Waals surface area contributed by atoms with Gasteiger partial charge in [0.05, 0.1) is 11.3 Å². The topological polar surface area (TPSA) is 92.9 Å². The monoisotopic (exact) mass is 292 g/mol. The lowest BCUT2D eigenvalue weighted by Crippen LogP contribution is -2.35. The minimum absolute atomic E-state index is 0.0846. The Morgan fingerprint density at radius 2 is 1.86 bits per heavy atom. The molecule has 21 heavy (non-hydrogen) atoms. The van der Waals surface area contributed by atoms with Gasteiger partial charge in [0, 0.05) is 13.1 Å². The lowest BCUT2D eigenvalue weighted by Gasteiger charge is -2.20. The summed E-state index contributed by atoms with van der Waals surface area (Å²) in [4.78, 5) is 24.8. The summed E-state index contributed by atoms with van der Waals surface area (Å²) in [6.07, 6.45) is 4.33. The van der Waals surface area contributed by atoms with Gasteiger partial charge in [-0.15, -0.1) is 0 Å². The van der Waals surface area contributed by atoms with Gasteiger partial charge >= 0.3 is 5.97 Å². The normalized spacial score (nSPS) is 15.3. The molecule has 0 saturated carbocycles. The zero-order valence-electron chi connectivity index (χ0n) is 11.9. The smallest absolute Gasteiger partial charge is 0.335 e. The van der Waals surface area contributed by atoms with Crippen molar-refractivity contribution in [2.45, 2.75) is 25.7 Å². The average molecular weight is 292 g/mol. The average Bonchev–Trinajstić information content (AvgIpc) is 2.75. The molecule has 1 amide bonds. The predicted molar refractivity (Wildman–Crippen MR) is 78.4 cm³/mol. The summed E-state index contributed by atoms with van der Waals surface area (Å²) < 4.78 is 5.40. The van der Waals surface area contributed by atoms with Crippen molar-refractivity contribution in [3.05, 3.63) is 23.8 Å². The number of ether oxygens (including phenoxy) is 1. The van der Waals surface area contributed by atoms with Crippen LogP contribution in [0.3, 0.4) is 0 Å². The van der Waals surface area contributed by atoms with Crippen LogP contribution in [0.4, 0.5) is 5.69 Å². The van der Waals surface area contributed by atoms with Crippen LogP contribution in [0.5, 0.6) is 5.75 Å². The molecule has 6 nitrogen and oxygen atoms in total. The van der Waals surface area contributed by atoms with E-state index in [1.165, 1.54) is 18.2 Å². The van der Waals surface area contributed by atoms with Gasteiger partial charge < -0.3 is 20.5 Å². The Bertz CT molecular complexity index is 522. The number of nitrogen functional groups attached to an aromatic ring is 1. The van der Waals surface area contributed by atoms with Crippen molar-refractivity contribution in [2.75, 3.05) is 25.4 Å². The summed E-state index contributed by atoms with van der Waals surface area (Å²) in [5.41, 5.74) is 6.14. The molecule has 2 rings (SSSR count). The van der Waals surface area contributed by atoms with Crippen LogP contribution in [0.1, 0.15) is 36.0 Å². The first-order chi connectivity index (χ1) is 10.1. The summed E-state index contributed by atoms with van der Waals surface area (Å²) in [7, 11) is 0. The minimum atomic E-state index is -1.06. The molecule has 1 aromatic carbocycles. The second-order valence-electron chi connectivity index (χ2n) is 5.14. The third kappa shape index (κ3) is 4.11. The standard InChI is InChI=1S/C15H20N2O4/c16-12-6-5-11(15(19)20)9-13(12)21-10-14(18)17-7-3-1-2-4-8-17/h5-6,9H,1-4,7-8,10,16H2,(H,19,20). The Kier molecular flexibility index (Phi) is 5.03. The largest absolute Gasteiger partial charge is 0.482 e. The van der Waals surface area contributed by atoms with Gasteiger partial charge in [0.25, 0.3) is 5.91 Å². The van der Waals surface area contributed by atoms with Crippen LogP contribution in [0.2, 0.25) is 0 Å². The van der Waals surface area contributed by atoms with E-state index in [-0.39, 0.29) is 23.8 Å². The third-order valence-electron chi connectivity index (χ3n) is 3.57. The van der Waals surface area contributed by atoms with Crippen molar-refractivity contribution >= 4 is 17.6 Å². The lowest BCUT2D eigenvalue weighted by atomic mass is 10.2. The molecule has 1 aromatic rings. The fourth-order valence-corrected chi connectivity index (χ4v) is 2.34. The molecule has 0 aliphatic carbocycles. The van der Waals surface area contributed by atoms with E-state index < -0.39 is 5.97 Å². The van der Waals surface area contributed by atoms with E-state index in [1.807, 2.05) is 0 Å². The minimum Gasteiger partial charge on any atom is -0.482 e. The number of hydrogen-bond acceptors (Lipinski definition) is 4. The highest BCUT2D eigenvalue weighted by molar-refractivity contribution is 5.89. The second kappa shape index (κ2) is 6.97. The first-order valence-electron chi connectivity index (χ1n) is 7.11. The van der Waals surface area contributed by atoms with Crippen LogP contribution in [-0.2, 0) is 4.79 Å². The number of carbonyl (C=O) groups is 2. The summed E-state index contributed by atoms with van der Waals surface area (Å²) >= 11 is 0. The molecule has 0 bridgehead atoms. The SMILES string of the molecule is Nc1ccc(C(=O)O)cc1OCC(=O)N1CCCCCC1. The highest BCUT2D eigenvalue weighted by atomic mass is 16.5. The first-order valence-corrected chi connectivity index (χ1v) is 7.11. The van der Waals surface area contributed by atoms with Gasteiger partial charge in [0.15, 0.2) is 6.61 Å². The zero-order valence-corrected chi connectivity index (χ0v) is 11.9. The molecule has 0 spiro atoms. The van der Waals surface area contributed by atoms with Crippen LogP contribution in [0.15, 0.2) is 18.2 Å². The molecule has 0 radical (unpaired) electrons. The van der Waals surface area contributed by atoms with Crippen LogP contribution >= 0.6 is 0 Å². The zero-order chi connectivity index (χ0) is 15.2. The molecule has 0 aromatic heterocycles. The van der Waals surface area contributed by atoms with E-state index >= 15 is 0 Å². The maximum atomic E-state index is 12.1. The summed E-state index contributed by atoms with van der Waals surface area (Å²) in [6.45, 7) is 1.40. The summed E-state index contributed by atoms with van der Waals surface area (Å²) in [5, 5.41) is 8.94. The van der Waals surface area contributed by atoms with Crippen molar-refractivity contribution in [2.24, 2.45) is 0 Å². The maximum Gasteiger partial charge on any atom is 0.335 e. The number of hydrogen-bond donors (Lipinski definition) is 2. The molecule has 1 fully saturated rings. The molecule has 0 atom stereocenters. The van der Waals surface area contributed by atoms with Crippen LogP contribution in [0, 0.1) is 0 Å². The highest BCUT2D eigenvalue weighted by Crippen LogP contribution is 2.23. The van der Waals surface area contributed by atoms with Gasteiger partial charge in [-0.1, -0.05) is 12.8 Å². The number of nitrogens with two attached hydrogens (primary N) is 1. The summed E-state index contributed by atoms with van der Waals surface area (Å²) in [5.74, 6) is -0.909. The Morgan fingerprint density at radius 3 is 2.48 bits per heavy atom. The van der Waals surface area contributed by atoms with Crippen LogP contribution < -0.4 is 10.5 Å². The predicted octanol–water partition coefficient (Wildman–Crippen LogP) is 1.75. The number of nitrogens with zero attached hydrogens (tertiary/aromatic N) is 1. The molecule has 3 N–H and O–H groups in total. The van der Waals surface area contributed by atoms with Crippen molar-refractivity contribution < 1.29 is 19.4 Å². The fraction of sp³-hybridized carbons (Fsp3) is 0.467. The molecule has 1 heterocycles. The first kappa shape index (κ1) is 15.2. The van der Waals surface area contributed by atoms with Crippen molar-refractivity contribution in [3.8, 4) is 5.75 Å². The van der Waals surface area contributed by atoms with Crippen molar-refractivity contribution in [3.63, 3.8) is 0 Å². The number of rotatable bonds is 4. The number of amides is 1. The van der Waals surface area contributed by atoms with E-state index in [4.69, 9.17) is 15.6 Å². The number of benzene rings is 1. The molecule has 1 aliphatic heterocycles. The van der Waals surface area contributed by atoms with E-state index in [1.54, 1.807) is 4.90 Å². The number of likely N-dealkylation sites (tertiary alicyclic amines) is 1. The van der Waals surface area contributed by atoms with E-state index in [9.17, 15) is 9.59 Å². The number of carbonyl (C=O) groups excluding carboxylic acids is 1. The Balaban J connectivity index is 1.97. The van der Waals surface area contributed by atoms with E-state index in [0.29, 0.717) is 5.69 Å². The maximum absolute atomic E-state index is 12.1. The number of anilines is 1. The molecular weight excluding hydrogens is 272 g/mol. The van der Waals surface area contributed by atoms with Crippen LogP contribution in [-0.4, -0.2) is 41.6 Å². The lowest BCUT2D eigenvalue weighted by molar-refractivity contribution is -0.133. The Morgan fingerprint density at radius 1 is 1.19 bits per heavy atom. The van der Waals surface area contributed by atoms with Gasteiger partial charge in [-0.2, -0.15) is 0 Å². The Labute approximate surface area is 123 Å². The highest BCUT2D eigenvalue weighted by Gasteiger charge is 2.16. The molecule has 6 heteroatoms. The van der Waals surface area contributed by atoms with Gasteiger partial charge in [-0.3, -0.25) is 4.79 Å². The Hall–Kier alpha value is -2.24. The molecule has 1 aliphatic rings. The molecule has 114 valence electrons. The van der Waals surface area contributed by atoms with Gasteiger partial charge in [-0.05, 0) is 31.0 Å². The second-order valence-corrected chi connectivity index (χ2v) is 5.14. The van der Waals surface area contributed by atoms with Crippen molar-refractivity contribution in [1.29, 1.82) is 0 Å². The summed E-state index contributed by atoms with van der Waals surface area (Å²) in [6, 6.07) is 4.21. The third-order valence-corrected chi connectivity index (χ3v) is 3.57. The number of carboxylic acids is 1. The van der Waals surface area contributed by atoms with Crippen molar-refractivity contribution in [1.82, 2.24) is 4.90 Å². The molecule has 0 unspecified atom stereocenters. The molecule has 1 saturated heterocycles. The number of aromatic carboxylic acids is 1. The quantitative estimate of drug-likeness (QED) is 0.825. The van der Waals surface area contributed by atoms with E-state index in [0.717, 1.165) is 38.8 Å². The number of carboxylic acid groups (broad SMARTS) is 1. The fourth-order valence-electron chi connectivity index (χ4n) is 2.34. The van der Waals surface area contributed by atoms with Gasteiger partial charge in [0.2, 0.25) is 0 Å². The van der Waals surface area contributed by atoms with Crippen LogP contribution in [0.25, 0.3) is 0 Å². The molecular formula is C15H20N2O4. The van der Waals surface area contributed by atoms with Gasteiger partial charge in [-0.25, -0.2) is 4.79 Å². The van der Waals surface area contributed by atoms with E-state index in [2.05, 4.69) is 0 Å². The van der Waals surface area contributed by atoms with Gasteiger partial charge in [0.1, 0.15) is 5.75 Å².